The summed E-state index contributed by atoms with van der Waals surface area (Å²) in [6, 6.07) is 4.17. The van der Waals surface area contributed by atoms with Gasteiger partial charge in [0.05, 0.1) is 9.54 Å². The standard InChI is InChI=1S/C12H17BrN2OS2/c1-14(2)6-3-7-15-11(16)8-17-12(15)9-4-5-10(13)18-9/h4-5,12H,3,6-8H2,1-2H3. The first-order valence-corrected chi connectivity index (χ1v) is 8.55. The van der Waals surface area contributed by atoms with Gasteiger partial charge in [0.1, 0.15) is 5.37 Å². The summed E-state index contributed by atoms with van der Waals surface area (Å²) in [6.07, 6.45) is 1.03. The van der Waals surface area contributed by atoms with Gasteiger partial charge in [-0.3, -0.25) is 4.79 Å². The van der Waals surface area contributed by atoms with Crippen molar-refractivity contribution in [3.63, 3.8) is 0 Å². The summed E-state index contributed by atoms with van der Waals surface area (Å²) in [5.74, 6) is 0.885. The minimum atomic E-state index is 0.218. The summed E-state index contributed by atoms with van der Waals surface area (Å²) in [7, 11) is 4.13. The van der Waals surface area contributed by atoms with E-state index in [4.69, 9.17) is 0 Å². The Labute approximate surface area is 125 Å². The minimum Gasteiger partial charge on any atom is -0.325 e. The van der Waals surface area contributed by atoms with E-state index in [2.05, 4.69) is 47.1 Å². The Morgan fingerprint density at radius 1 is 1.50 bits per heavy atom. The molecule has 0 aromatic carbocycles. The van der Waals surface area contributed by atoms with Gasteiger partial charge in [0, 0.05) is 11.4 Å². The summed E-state index contributed by atoms with van der Waals surface area (Å²) in [5, 5.41) is 0.218. The molecule has 3 nitrogen and oxygen atoms in total. The maximum atomic E-state index is 11.9. The molecule has 1 amide bonds. The molecule has 0 spiro atoms. The largest absolute Gasteiger partial charge is 0.325 e. The molecule has 1 unspecified atom stereocenters. The SMILES string of the molecule is CN(C)CCCN1C(=O)CSC1c1ccc(Br)s1. The lowest BCUT2D eigenvalue weighted by Gasteiger charge is -2.23. The van der Waals surface area contributed by atoms with E-state index >= 15 is 0 Å². The van der Waals surface area contributed by atoms with E-state index in [-0.39, 0.29) is 11.3 Å². The van der Waals surface area contributed by atoms with E-state index in [9.17, 15) is 4.79 Å². The molecule has 2 heterocycles. The highest BCUT2D eigenvalue weighted by molar-refractivity contribution is 9.11. The first kappa shape index (κ1) is 14.4. The molecule has 1 aromatic rings. The average molecular weight is 349 g/mol. The molecule has 6 heteroatoms. The van der Waals surface area contributed by atoms with Gasteiger partial charge in [-0.1, -0.05) is 0 Å². The number of carbonyl (C=O) groups is 1. The highest BCUT2D eigenvalue weighted by Gasteiger charge is 2.33. The second kappa shape index (κ2) is 6.41. The smallest absolute Gasteiger partial charge is 0.233 e. The van der Waals surface area contributed by atoms with Crippen LogP contribution in [-0.2, 0) is 4.79 Å². The molecule has 0 bridgehead atoms. The van der Waals surface area contributed by atoms with Gasteiger partial charge in [-0.2, -0.15) is 0 Å². The number of halogens is 1. The van der Waals surface area contributed by atoms with Gasteiger partial charge in [0.15, 0.2) is 0 Å². The van der Waals surface area contributed by atoms with Crippen LogP contribution in [-0.4, -0.2) is 48.6 Å². The first-order chi connectivity index (χ1) is 8.58. The lowest BCUT2D eigenvalue weighted by Crippen LogP contribution is -2.30. The molecule has 1 aliphatic rings. The van der Waals surface area contributed by atoms with Crippen LogP contribution >= 0.6 is 39.0 Å². The topological polar surface area (TPSA) is 23.6 Å². The third kappa shape index (κ3) is 3.50. The third-order valence-electron chi connectivity index (χ3n) is 2.81. The predicted molar refractivity (Wildman–Crippen MR) is 82.1 cm³/mol. The Bertz CT molecular complexity index is 422. The van der Waals surface area contributed by atoms with Crippen molar-refractivity contribution in [2.24, 2.45) is 0 Å². The van der Waals surface area contributed by atoms with E-state index in [1.54, 1.807) is 23.1 Å². The minimum absolute atomic E-state index is 0.218. The maximum Gasteiger partial charge on any atom is 0.233 e. The van der Waals surface area contributed by atoms with Crippen LogP contribution in [0, 0.1) is 0 Å². The fourth-order valence-electron chi connectivity index (χ4n) is 1.95. The zero-order chi connectivity index (χ0) is 13.1. The fraction of sp³-hybridized carbons (Fsp3) is 0.583. The maximum absolute atomic E-state index is 11.9. The number of carbonyl (C=O) groups excluding carboxylic acids is 1. The zero-order valence-electron chi connectivity index (χ0n) is 10.6. The highest BCUT2D eigenvalue weighted by atomic mass is 79.9. The van der Waals surface area contributed by atoms with Crippen molar-refractivity contribution >= 4 is 44.9 Å². The quantitative estimate of drug-likeness (QED) is 0.816. The van der Waals surface area contributed by atoms with Crippen molar-refractivity contribution in [2.75, 3.05) is 32.9 Å². The molecular weight excluding hydrogens is 332 g/mol. The number of rotatable bonds is 5. The number of amides is 1. The molecule has 100 valence electrons. The van der Waals surface area contributed by atoms with Crippen LogP contribution in [0.15, 0.2) is 15.9 Å². The lowest BCUT2D eigenvalue weighted by molar-refractivity contribution is -0.128. The molecule has 1 aliphatic heterocycles. The third-order valence-corrected chi connectivity index (χ3v) is 5.87. The molecular formula is C12H17BrN2OS2. The van der Waals surface area contributed by atoms with Crippen LogP contribution in [0.1, 0.15) is 16.7 Å². The van der Waals surface area contributed by atoms with Crippen molar-refractivity contribution in [3.05, 3.63) is 20.8 Å². The van der Waals surface area contributed by atoms with Gasteiger partial charge in [-0.15, -0.1) is 23.1 Å². The summed E-state index contributed by atoms with van der Waals surface area (Å²) < 4.78 is 1.13. The summed E-state index contributed by atoms with van der Waals surface area (Å²) in [4.78, 5) is 17.4. The molecule has 2 rings (SSSR count). The zero-order valence-corrected chi connectivity index (χ0v) is 13.8. The van der Waals surface area contributed by atoms with Crippen LogP contribution in [0.25, 0.3) is 0 Å². The average Bonchev–Trinajstić information content (AvgIpc) is 2.86. The van der Waals surface area contributed by atoms with Crippen molar-refractivity contribution in [3.8, 4) is 0 Å². The van der Waals surface area contributed by atoms with Crippen molar-refractivity contribution in [1.82, 2.24) is 9.80 Å². The van der Waals surface area contributed by atoms with Gasteiger partial charge < -0.3 is 9.80 Å². The van der Waals surface area contributed by atoms with E-state index in [1.165, 1.54) is 4.88 Å². The molecule has 18 heavy (non-hydrogen) atoms. The Balaban J connectivity index is 1.99. The Kier molecular flexibility index (Phi) is 5.12. The molecule has 0 aliphatic carbocycles. The summed E-state index contributed by atoms with van der Waals surface area (Å²) in [5.41, 5.74) is 0. The first-order valence-electron chi connectivity index (χ1n) is 5.89. The summed E-state index contributed by atoms with van der Waals surface area (Å²) in [6.45, 7) is 1.87. The Hall–Kier alpha value is -0.0400. The molecule has 0 radical (unpaired) electrons. The predicted octanol–water partition coefficient (Wildman–Crippen LogP) is 3.04. The molecule has 0 saturated carbocycles. The number of thioether (sulfide) groups is 1. The van der Waals surface area contributed by atoms with Crippen molar-refractivity contribution in [1.29, 1.82) is 0 Å². The normalized spacial score (nSPS) is 20.1. The van der Waals surface area contributed by atoms with E-state index in [0.29, 0.717) is 5.75 Å². The van der Waals surface area contributed by atoms with Gasteiger partial charge in [-0.05, 0) is 55.1 Å². The monoisotopic (exact) mass is 348 g/mol. The van der Waals surface area contributed by atoms with Gasteiger partial charge in [0.25, 0.3) is 0 Å². The van der Waals surface area contributed by atoms with Crippen LogP contribution in [0.3, 0.4) is 0 Å². The Morgan fingerprint density at radius 2 is 2.28 bits per heavy atom. The van der Waals surface area contributed by atoms with E-state index in [1.807, 2.05) is 4.90 Å². The van der Waals surface area contributed by atoms with Crippen LogP contribution in [0.4, 0.5) is 0 Å². The van der Waals surface area contributed by atoms with Gasteiger partial charge in [0.2, 0.25) is 5.91 Å². The fourth-order valence-corrected chi connectivity index (χ4v) is 4.83. The number of nitrogens with zero attached hydrogens (tertiary/aromatic N) is 2. The molecule has 1 fully saturated rings. The summed E-state index contributed by atoms with van der Waals surface area (Å²) >= 11 is 6.94. The van der Waals surface area contributed by atoms with Crippen molar-refractivity contribution < 1.29 is 4.79 Å². The van der Waals surface area contributed by atoms with Crippen LogP contribution in [0.5, 0.6) is 0 Å². The van der Waals surface area contributed by atoms with E-state index in [0.717, 1.165) is 23.3 Å². The number of thiophene rings is 1. The van der Waals surface area contributed by atoms with Gasteiger partial charge in [-0.25, -0.2) is 0 Å². The Morgan fingerprint density at radius 3 is 2.89 bits per heavy atom. The molecule has 1 atom stereocenters. The molecule has 1 saturated heterocycles. The molecule has 0 N–H and O–H groups in total. The van der Waals surface area contributed by atoms with Crippen LogP contribution < -0.4 is 0 Å². The lowest BCUT2D eigenvalue weighted by atomic mass is 10.3. The number of hydrogen-bond acceptors (Lipinski definition) is 4. The van der Waals surface area contributed by atoms with Gasteiger partial charge >= 0.3 is 0 Å². The highest BCUT2D eigenvalue weighted by Crippen LogP contribution is 2.42. The molecule has 1 aromatic heterocycles. The van der Waals surface area contributed by atoms with Crippen LogP contribution in [0.2, 0.25) is 0 Å². The van der Waals surface area contributed by atoms with Crippen molar-refractivity contribution in [2.45, 2.75) is 11.8 Å². The second-order valence-electron chi connectivity index (χ2n) is 4.55. The number of hydrogen-bond donors (Lipinski definition) is 0. The van der Waals surface area contributed by atoms with E-state index < -0.39 is 0 Å². The second-order valence-corrected chi connectivity index (χ2v) is 8.11.